The number of carbonyl (C=O) groups is 1. The summed E-state index contributed by atoms with van der Waals surface area (Å²) in [6, 6.07) is 3.08. The summed E-state index contributed by atoms with van der Waals surface area (Å²) < 4.78 is 32.6. The number of ether oxygens (including phenoxy) is 1. The number of halogens is 1. The highest BCUT2D eigenvalue weighted by Gasteiger charge is 2.33. The number of rotatable bonds is 4. The maximum Gasteiger partial charge on any atom is 0.246 e. The lowest BCUT2D eigenvalue weighted by Gasteiger charge is -2.35. The van der Waals surface area contributed by atoms with E-state index in [0.717, 1.165) is 0 Å². The van der Waals surface area contributed by atoms with Crippen LogP contribution in [0.2, 0.25) is 5.02 Å². The van der Waals surface area contributed by atoms with Crippen molar-refractivity contribution in [3.05, 3.63) is 22.7 Å². The minimum Gasteiger partial charge on any atom is -0.495 e. The average Bonchev–Trinajstić information content (AvgIpc) is 2.53. The van der Waals surface area contributed by atoms with Crippen LogP contribution in [0.5, 0.6) is 5.75 Å². The van der Waals surface area contributed by atoms with Crippen molar-refractivity contribution >= 4 is 27.5 Å². The number of piperazine rings is 1. The van der Waals surface area contributed by atoms with E-state index >= 15 is 0 Å². The van der Waals surface area contributed by atoms with Crippen LogP contribution in [0.3, 0.4) is 0 Å². The first-order valence-electron chi connectivity index (χ1n) is 7.81. The van der Waals surface area contributed by atoms with Crippen molar-refractivity contribution in [1.82, 2.24) is 9.21 Å². The molecule has 1 heterocycles. The van der Waals surface area contributed by atoms with Crippen LogP contribution in [0.25, 0.3) is 0 Å². The number of hydrogen-bond donors (Lipinski definition) is 0. The number of hydrogen-bond acceptors (Lipinski definition) is 4. The molecular weight excluding hydrogens is 352 g/mol. The number of aryl methyl sites for hydroxylation is 1. The Kier molecular flexibility index (Phi) is 5.78. The third-order valence-electron chi connectivity index (χ3n) is 4.07. The Hall–Kier alpha value is -1.31. The molecule has 0 atom stereocenters. The number of carbonyl (C=O) groups excluding carboxylic acids is 1. The molecule has 1 aliphatic rings. The fourth-order valence-corrected chi connectivity index (χ4v) is 4.82. The lowest BCUT2D eigenvalue weighted by atomic mass is 10.2. The molecule has 1 amide bonds. The minimum atomic E-state index is -3.73. The monoisotopic (exact) mass is 374 g/mol. The van der Waals surface area contributed by atoms with Gasteiger partial charge in [-0.1, -0.05) is 25.4 Å². The molecule has 1 saturated heterocycles. The molecule has 0 radical (unpaired) electrons. The molecule has 0 saturated carbocycles. The van der Waals surface area contributed by atoms with Gasteiger partial charge in [0.25, 0.3) is 0 Å². The lowest BCUT2D eigenvalue weighted by molar-refractivity contribution is -0.135. The van der Waals surface area contributed by atoms with Crippen LogP contribution in [0, 0.1) is 12.8 Å². The van der Waals surface area contributed by atoms with E-state index in [-0.39, 0.29) is 29.8 Å². The van der Waals surface area contributed by atoms with Crippen molar-refractivity contribution in [3.63, 3.8) is 0 Å². The van der Waals surface area contributed by atoms with E-state index in [1.54, 1.807) is 17.9 Å². The van der Waals surface area contributed by atoms with Crippen LogP contribution in [0.4, 0.5) is 0 Å². The van der Waals surface area contributed by atoms with Crippen LogP contribution in [-0.2, 0) is 14.8 Å². The summed E-state index contributed by atoms with van der Waals surface area (Å²) in [4.78, 5) is 13.8. The van der Waals surface area contributed by atoms with E-state index in [0.29, 0.717) is 29.4 Å². The van der Waals surface area contributed by atoms with Gasteiger partial charge in [-0.15, -0.1) is 0 Å². The molecule has 0 bridgehead atoms. The van der Waals surface area contributed by atoms with Crippen LogP contribution in [-0.4, -0.2) is 56.8 Å². The fraction of sp³-hybridized carbons (Fsp3) is 0.562. The second kappa shape index (κ2) is 7.29. The molecule has 2 rings (SSSR count). The van der Waals surface area contributed by atoms with Gasteiger partial charge in [-0.3, -0.25) is 4.79 Å². The number of amides is 1. The Morgan fingerprint density at radius 3 is 2.29 bits per heavy atom. The van der Waals surface area contributed by atoms with Gasteiger partial charge >= 0.3 is 0 Å². The summed E-state index contributed by atoms with van der Waals surface area (Å²) in [6.07, 6.45) is 0. The molecule has 0 aliphatic carbocycles. The predicted molar refractivity (Wildman–Crippen MR) is 92.9 cm³/mol. The van der Waals surface area contributed by atoms with Crippen molar-refractivity contribution < 1.29 is 17.9 Å². The standard InChI is InChI=1S/C16H23ClN2O4S/c1-11(2)16(20)18-5-7-19(8-6-18)24(21,22)14-10-13(17)9-12(3)15(14)23-4/h9-11H,5-8H2,1-4H3. The zero-order valence-corrected chi connectivity index (χ0v) is 15.9. The SMILES string of the molecule is COc1c(C)cc(Cl)cc1S(=O)(=O)N1CCN(C(=O)C(C)C)CC1. The topological polar surface area (TPSA) is 66.9 Å². The Balaban J connectivity index is 2.26. The molecule has 1 fully saturated rings. The van der Waals surface area contributed by atoms with Crippen LogP contribution in [0.15, 0.2) is 17.0 Å². The quantitative estimate of drug-likeness (QED) is 0.809. The van der Waals surface area contributed by atoms with Crippen LogP contribution >= 0.6 is 11.6 Å². The fourth-order valence-electron chi connectivity index (χ4n) is 2.81. The first-order valence-corrected chi connectivity index (χ1v) is 9.63. The van der Waals surface area contributed by atoms with Gasteiger partial charge in [-0.2, -0.15) is 4.31 Å². The highest BCUT2D eigenvalue weighted by Crippen LogP contribution is 2.33. The summed E-state index contributed by atoms with van der Waals surface area (Å²) >= 11 is 6.03. The molecule has 0 unspecified atom stereocenters. The van der Waals surface area contributed by atoms with E-state index in [9.17, 15) is 13.2 Å². The normalized spacial score (nSPS) is 16.5. The minimum absolute atomic E-state index is 0.0447. The highest BCUT2D eigenvalue weighted by atomic mass is 35.5. The smallest absolute Gasteiger partial charge is 0.246 e. The third-order valence-corrected chi connectivity index (χ3v) is 6.19. The molecule has 1 aromatic rings. The number of sulfonamides is 1. The second-order valence-corrected chi connectivity index (χ2v) is 8.48. The van der Waals surface area contributed by atoms with Crippen molar-refractivity contribution in [3.8, 4) is 5.75 Å². The van der Waals surface area contributed by atoms with Gasteiger partial charge in [0.15, 0.2) is 0 Å². The van der Waals surface area contributed by atoms with Gasteiger partial charge in [-0.25, -0.2) is 8.42 Å². The molecule has 0 spiro atoms. The molecule has 24 heavy (non-hydrogen) atoms. The zero-order chi connectivity index (χ0) is 18.1. The van der Waals surface area contributed by atoms with E-state index in [4.69, 9.17) is 16.3 Å². The van der Waals surface area contributed by atoms with Gasteiger partial charge in [0.1, 0.15) is 10.6 Å². The number of benzene rings is 1. The molecular formula is C16H23ClN2O4S. The zero-order valence-electron chi connectivity index (χ0n) is 14.4. The van der Waals surface area contributed by atoms with E-state index < -0.39 is 10.0 Å². The maximum absolute atomic E-state index is 13.0. The average molecular weight is 375 g/mol. The van der Waals surface area contributed by atoms with E-state index in [1.807, 2.05) is 13.8 Å². The molecule has 1 aromatic carbocycles. The Morgan fingerprint density at radius 1 is 1.21 bits per heavy atom. The second-order valence-electron chi connectivity index (χ2n) is 6.14. The molecule has 8 heteroatoms. The third kappa shape index (κ3) is 3.68. The van der Waals surface area contributed by atoms with Gasteiger partial charge in [0, 0.05) is 37.1 Å². The number of nitrogens with zero attached hydrogens (tertiary/aromatic N) is 2. The molecule has 0 aromatic heterocycles. The van der Waals surface area contributed by atoms with Crippen molar-refractivity contribution in [2.75, 3.05) is 33.3 Å². The van der Waals surface area contributed by atoms with Crippen molar-refractivity contribution in [2.24, 2.45) is 5.92 Å². The van der Waals surface area contributed by atoms with E-state index in [2.05, 4.69) is 0 Å². The van der Waals surface area contributed by atoms with Crippen molar-refractivity contribution in [1.29, 1.82) is 0 Å². The van der Waals surface area contributed by atoms with Gasteiger partial charge in [0.2, 0.25) is 15.9 Å². The molecule has 1 aliphatic heterocycles. The molecule has 134 valence electrons. The molecule has 6 nitrogen and oxygen atoms in total. The summed E-state index contributed by atoms with van der Waals surface area (Å²) in [7, 11) is -2.29. The summed E-state index contributed by atoms with van der Waals surface area (Å²) in [5.74, 6) is 0.257. The first kappa shape index (κ1) is 19.0. The maximum atomic E-state index is 13.0. The van der Waals surface area contributed by atoms with Crippen LogP contribution < -0.4 is 4.74 Å². The Morgan fingerprint density at radius 2 is 1.79 bits per heavy atom. The highest BCUT2D eigenvalue weighted by molar-refractivity contribution is 7.89. The number of methoxy groups -OCH3 is 1. The van der Waals surface area contributed by atoms with Crippen molar-refractivity contribution in [2.45, 2.75) is 25.7 Å². The van der Waals surface area contributed by atoms with Gasteiger partial charge < -0.3 is 9.64 Å². The Labute approximate surface area is 148 Å². The Bertz CT molecular complexity index is 726. The summed E-state index contributed by atoms with van der Waals surface area (Å²) in [6.45, 7) is 6.72. The predicted octanol–water partition coefficient (Wildman–Crippen LogP) is 2.15. The van der Waals surface area contributed by atoms with E-state index in [1.165, 1.54) is 17.5 Å². The summed E-state index contributed by atoms with van der Waals surface area (Å²) in [5, 5.41) is 0.348. The summed E-state index contributed by atoms with van der Waals surface area (Å²) in [5.41, 5.74) is 0.664. The van der Waals surface area contributed by atoms with Crippen LogP contribution in [0.1, 0.15) is 19.4 Å². The molecule has 0 N–H and O–H groups in total. The van der Waals surface area contributed by atoms with Gasteiger partial charge in [-0.05, 0) is 24.6 Å². The lowest BCUT2D eigenvalue weighted by Crippen LogP contribution is -2.51. The van der Waals surface area contributed by atoms with Gasteiger partial charge in [0.05, 0.1) is 7.11 Å². The first-order chi connectivity index (χ1) is 11.2. The largest absolute Gasteiger partial charge is 0.495 e.